The van der Waals surface area contributed by atoms with Crippen molar-refractivity contribution in [1.29, 1.82) is 5.26 Å². The van der Waals surface area contributed by atoms with Crippen molar-refractivity contribution in [3.8, 4) is 23.3 Å². The average Bonchev–Trinajstić information content (AvgIpc) is 3.29. The first kappa shape index (κ1) is 22.2. The second-order valence-corrected chi connectivity index (χ2v) is 7.51. The fourth-order valence-corrected chi connectivity index (χ4v) is 3.38. The normalized spacial score (nSPS) is 12.2. The van der Waals surface area contributed by atoms with Gasteiger partial charge in [0.25, 0.3) is 5.91 Å². The molecule has 33 heavy (non-hydrogen) atoms. The smallest absolute Gasteiger partial charge is 0.262 e. The molecule has 0 unspecified atom stereocenters. The number of halogens is 2. The molecule has 0 bridgehead atoms. The quantitative estimate of drug-likeness (QED) is 0.392. The lowest BCUT2D eigenvalue weighted by Gasteiger charge is -2.09. The SMILES string of the molecule is N#C/C(=C\c1cccc(OCc2c(F)cccc2Cl)c1)C(=O)NCc1ccc2c(c1)OCO2. The van der Waals surface area contributed by atoms with Crippen molar-refractivity contribution in [2.24, 2.45) is 0 Å². The molecule has 6 nitrogen and oxygen atoms in total. The van der Waals surface area contributed by atoms with Crippen LogP contribution in [0.25, 0.3) is 6.08 Å². The van der Waals surface area contributed by atoms with E-state index in [9.17, 15) is 14.4 Å². The lowest BCUT2D eigenvalue weighted by Crippen LogP contribution is -2.23. The first-order valence-electron chi connectivity index (χ1n) is 9.98. The summed E-state index contributed by atoms with van der Waals surface area (Å²) < 4.78 is 30.2. The maximum absolute atomic E-state index is 13.9. The van der Waals surface area contributed by atoms with Gasteiger partial charge in [0.15, 0.2) is 11.5 Å². The molecule has 3 aromatic carbocycles. The van der Waals surface area contributed by atoms with Gasteiger partial charge in [0.2, 0.25) is 6.79 Å². The zero-order valence-electron chi connectivity index (χ0n) is 17.3. The van der Waals surface area contributed by atoms with E-state index in [0.717, 1.165) is 5.56 Å². The molecule has 0 saturated carbocycles. The molecule has 1 heterocycles. The molecule has 0 atom stereocenters. The molecule has 0 aliphatic carbocycles. The van der Waals surface area contributed by atoms with Crippen molar-refractivity contribution >= 4 is 23.6 Å². The highest BCUT2D eigenvalue weighted by molar-refractivity contribution is 6.31. The third kappa shape index (κ3) is 5.43. The summed E-state index contributed by atoms with van der Waals surface area (Å²) in [5.74, 6) is 0.749. The Hall–Kier alpha value is -4.02. The van der Waals surface area contributed by atoms with E-state index in [1.807, 2.05) is 12.1 Å². The van der Waals surface area contributed by atoms with Crippen LogP contribution in [0.15, 0.2) is 66.2 Å². The van der Waals surface area contributed by atoms with Crippen LogP contribution in [0.1, 0.15) is 16.7 Å². The van der Waals surface area contributed by atoms with E-state index in [2.05, 4.69) is 5.32 Å². The lowest BCUT2D eigenvalue weighted by atomic mass is 10.1. The number of carbonyl (C=O) groups is 1. The van der Waals surface area contributed by atoms with E-state index in [-0.39, 0.29) is 36.1 Å². The minimum atomic E-state index is -0.514. The molecule has 3 aromatic rings. The molecule has 0 fully saturated rings. The summed E-state index contributed by atoms with van der Waals surface area (Å²) in [4.78, 5) is 12.5. The van der Waals surface area contributed by atoms with E-state index < -0.39 is 11.7 Å². The molecular weight excluding hydrogens is 447 g/mol. The van der Waals surface area contributed by atoms with Gasteiger partial charge in [-0.15, -0.1) is 0 Å². The van der Waals surface area contributed by atoms with Crippen LogP contribution in [0.4, 0.5) is 4.39 Å². The Morgan fingerprint density at radius 1 is 1.15 bits per heavy atom. The minimum Gasteiger partial charge on any atom is -0.489 e. The fraction of sp³-hybridized carbons (Fsp3) is 0.120. The Bertz CT molecular complexity index is 1250. The van der Waals surface area contributed by atoms with Gasteiger partial charge in [-0.3, -0.25) is 4.79 Å². The summed E-state index contributed by atoms with van der Waals surface area (Å²) in [6.45, 7) is 0.337. The number of fused-ring (bicyclic) bond motifs is 1. The topological polar surface area (TPSA) is 80.6 Å². The highest BCUT2D eigenvalue weighted by Crippen LogP contribution is 2.32. The zero-order valence-corrected chi connectivity index (χ0v) is 18.1. The van der Waals surface area contributed by atoms with Gasteiger partial charge in [0.05, 0.1) is 5.02 Å². The molecule has 0 aromatic heterocycles. The zero-order chi connectivity index (χ0) is 23.2. The van der Waals surface area contributed by atoms with Crippen LogP contribution in [0, 0.1) is 17.1 Å². The van der Waals surface area contributed by atoms with Crippen LogP contribution in [-0.4, -0.2) is 12.7 Å². The molecule has 0 radical (unpaired) electrons. The first-order chi connectivity index (χ1) is 16.0. The van der Waals surface area contributed by atoms with Crippen LogP contribution in [0.2, 0.25) is 5.02 Å². The summed E-state index contributed by atoms with van der Waals surface area (Å²) in [5, 5.41) is 12.5. The fourth-order valence-electron chi connectivity index (χ4n) is 3.16. The Kier molecular flexibility index (Phi) is 6.77. The summed E-state index contributed by atoms with van der Waals surface area (Å²) in [6, 6.07) is 18.5. The molecule has 1 aliphatic rings. The van der Waals surface area contributed by atoms with Gasteiger partial charge < -0.3 is 19.5 Å². The lowest BCUT2D eigenvalue weighted by molar-refractivity contribution is -0.117. The number of hydrogen-bond acceptors (Lipinski definition) is 5. The number of ether oxygens (including phenoxy) is 3. The van der Waals surface area contributed by atoms with Crippen LogP contribution in [-0.2, 0) is 17.9 Å². The molecule has 0 spiro atoms. The van der Waals surface area contributed by atoms with Gasteiger partial charge in [-0.1, -0.05) is 35.9 Å². The number of hydrogen-bond donors (Lipinski definition) is 1. The Morgan fingerprint density at radius 2 is 1.97 bits per heavy atom. The predicted molar refractivity (Wildman–Crippen MR) is 120 cm³/mol. The predicted octanol–water partition coefficient (Wildman–Crippen LogP) is 5.01. The molecule has 166 valence electrons. The van der Waals surface area contributed by atoms with Crippen LogP contribution in [0.5, 0.6) is 17.2 Å². The maximum Gasteiger partial charge on any atom is 0.262 e. The van der Waals surface area contributed by atoms with Gasteiger partial charge in [0, 0.05) is 12.1 Å². The van der Waals surface area contributed by atoms with Crippen molar-refractivity contribution in [2.45, 2.75) is 13.2 Å². The number of nitrogens with zero attached hydrogens (tertiary/aromatic N) is 1. The van der Waals surface area contributed by atoms with E-state index >= 15 is 0 Å². The average molecular weight is 465 g/mol. The number of benzene rings is 3. The Balaban J connectivity index is 1.41. The third-order valence-corrected chi connectivity index (χ3v) is 5.22. The number of nitriles is 1. The second kappa shape index (κ2) is 10.1. The molecule has 1 amide bonds. The third-order valence-electron chi connectivity index (χ3n) is 4.87. The Morgan fingerprint density at radius 3 is 2.79 bits per heavy atom. The molecule has 4 rings (SSSR count). The second-order valence-electron chi connectivity index (χ2n) is 7.10. The number of rotatable bonds is 7. The number of nitrogens with one attached hydrogen (secondary N) is 1. The van der Waals surface area contributed by atoms with E-state index in [1.54, 1.807) is 42.5 Å². The van der Waals surface area contributed by atoms with Gasteiger partial charge in [-0.2, -0.15) is 5.26 Å². The number of amides is 1. The molecule has 8 heteroatoms. The molecule has 1 aliphatic heterocycles. The summed E-state index contributed by atoms with van der Waals surface area (Å²) in [6.07, 6.45) is 1.46. The Labute approximate surface area is 194 Å². The van der Waals surface area contributed by atoms with Crippen LogP contribution >= 0.6 is 11.6 Å². The maximum atomic E-state index is 13.9. The van der Waals surface area contributed by atoms with Crippen LogP contribution in [0.3, 0.4) is 0 Å². The van der Waals surface area contributed by atoms with Gasteiger partial charge in [0.1, 0.15) is 29.8 Å². The summed E-state index contributed by atoms with van der Waals surface area (Å²) in [7, 11) is 0. The molecular formula is C25H18ClFN2O4. The summed E-state index contributed by atoms with van der Waals surface area (Å²) >= 11 is 6.03. The molecule has 1 N–H and O–H groups in total. The largest absolute Gasteiger partial charge is 0.489 e. The summed E-state index contributed by atoms with van der Waals surface area (Å²) in [5.41, 5.74) is 1.58. The number of carbonyl (C=O) groups excluding carboxylic acids is 1. The van der Waals surface area contributed by atoms with Crippen molar-refractivity contribution in [3.05, 3.63) is 93.8 Å². The first-order valence-corrected chi connectivity index (χ1v) is 10.4. The van der Waals surface area contributed by atoms with Crippen molar-refractivity contribution in [2.75, 3.05) is 6.79 Å². The van der Waals surface area contributed by atoms with Crippen LogP contribution < -0.4 is 19.5 Å². The highest BCUT2D eigenvalue weighted by Gasteiger charge is 2.14. The van der Waals surface area contributed by atoms with Gasteiger partial charge in [-0.05, 0) is 53.6 Å². The minimum absolute atomic E-state index is 0.0558. The monoisotopic (exact) mass is 464 g/mol. The van der Waals surface area contributed by atoms with E-state index in [1.165, 1.54) is 18.2 Å². The van der Waals surface area contributed by atoms with E-state index in [4.69, 9.17) is 25.8 Å². The van der Waals surface area contributed by atoms with Crippen molar-refractivity contribution < 1.29 is 23.4 Å². The highest BCUT2D eigenvalue weighted by atomic mass is 35.5. The van der Waals surface area contributed by atoms with Crippen molar-refractivity contribution in [3.63, 3.8) is 0 Å². The van der Waals surface area contributed by atoms with Gasteiger partial charge >= 0.3 is 0 Å². The van der Waals surface area contributed by atoms with Crippen molar-refractivity contribution in [1.82, 2.24) is 5.32 Å². The van der Waals surface area contributed by atoms with E-state index in [0.29, 0.717) is 22.8 Å². The standard InChI is InChI=1S/C25H18ClFN2O4/c26-21-5-2-6-22(27)20(21)14-31-19-4-1-3-16(10-19)9-18(12-28)25(30)29-13-17-7-8-23-24(11-17)33-15-32-23/h1-11H,13-15H2,(H,29,30)/b18-9+. The molecule has 0 saturated heterocycles. The van der Waals surface area contributed by atoms with Gasteiger partial charge in [-0.25, -0.2) is 4.39 Å².